The molecule has 2 aliphatic heterocycles. The quantitative estimate of drug-likeness (QED) is 0.209. The van der Waals surface area contributed by atoms with E-state index in [0.29, 0.717) is 0 Å². The highest BCUT2D eigenvalue weighted by atomic mass is 16.6. The Hall–Kier alpha value is -1.84. The van der Waals surface area contributed by atoms with Crippen LogP contribution in [0.15, 0.2) is 35.5 Å². The van der Waals surface area contributed by atoms with Gasteiger partial charge in [0, 0.05) is 11.1 Å². The number of carbonyl (C=O) groups excluding carboxylic acids is 2. The molecule has 0 amide bonds. The molecule has 4 nitrogen and oxygen atoms in total. The topological polar surface area (TPSA) is 52.6 Å². The van der Waals surface area contributed by atoms with E-state index in [2.05, 4.69) is 12.2 Å². The van der Waals surface area contributed by atoms with Crippen LogP contribution in [0, 0.1) is 0 Å². The van der Waals surface area contributed by atoms with Gasteiger partial charge in [-0.25, -0.2) is 9.59 Å². The highest BCUT2D eigenvalue weighted by molar-refractivity contribution is 5.91. The van der Waals surface area contributed by atoms with Gasteiger partial charge in [-0.05, 0) is 77.4 Å². The molecule has 0 aromatic heterocycles. The number of ether oxygens (including phenoxy) is 2. The maximum Gasteiger partial charge on any atom is 0.334 e. The lowest BCUT2D eigenvalue weighted by molar-refractivity contribution is -0.140. The lowest BCUT2D eigenvalue weighted by atomic mass is 10.0. The third-order valence-corrected chi connectivity index (χ3v) is 5.28. The lowest BCUT2D eigenvalue weighted by Gasteiger charge is -2.01. The van der Waals surface area contributed by atoms with Crippen LogP contribution in [-0.2, 0) is 19.1 Å². The molecule has 0 fully saturated rings. The van der Waals surface area contributed by atoms with Crippen molar-refractivity contribution in [2.75, 3.05) is 0 Å². The average molecular weight is 389 g/mol. The third-order valence-electron chi connectivity index (χ3n) is 5.28. The molecule has 2 heterocycles. The third kappa shape index (κ3) is 8.45. The Balaban J connectivity index is 1.35. The summed E-state index contributed by atoms with van der Waals surface area (Å²) in [4.78, 5) is 23.0. The molecular weight excluding hydrogens is 352 g/mol. The summed E-state index contributed by atoms with van der Waals surface area (Å²) in [7, 11) is 0. The van der Waals surface area contributed by atoms with Crippen LogP contribution in [0.25, 0.3) is 0 Å². The van der Waals surface area contributed by atoms with Gasteiger partial charge in [-0.3, -0.25) is 0 Å². The number of hydrogen-bond acceptors (Lipinski definition) is 4. The van der Waals surface area contributed by atoms with Crippen molar-refractivity contribution in [3.05, 3.63) is 35.5 Å². The summed E-state index contributed by atoms with van der Waals surface area (Å²) in [6.45, 7) is 3.81. The van der Waals surface area contributed by atoms with Gasteiger partial charge in [0.2, 0.25) is 0 Å². The molecule has 4 heteroatoms. The van der Waals surface area contributed by atoms with Crippen LogP contribution < -0.4 is 0 Å². The highest BCUT2D eigenvalue weighted by Gasteiger charge is 2.21. The first-order valence-corrected chi connectivity index (χ1v) is 11.0. The second-order valence-electron chi connectivity index (χ2n) is 7.98. The SMILES string of the molecule is C[C@H]1C=C(CCCCCCC=CCCCCCCC2=C[C@H](C)OC2=O)C(=O)O1. The monoisotopic (exact) mass is 388 g/mol. The minimum Gasteiger partial charge on any atom is -0.455 e. The Labute approximate surface area is 170 Å². The zero-order chi connectivity index (χ0) is 20.2. The van der Waals surface area contributed by atoms with Crippen molar-refractivity contribution < 1.29 is 19.1 Å². The first-order valence-electron chi connectivity index (χ1n) is 11.0. The van der Waals surface area contributed by atoms with Gasteiger partial charge < -0.3 is 9.47 Å². The molecule has 156 valence electrons. The highest BCUT2D eigenvalue weighted by Crippen LogP contribution is 2.20. The number of allylic oxidation sites excluding steroid dienone is 2. The van der Waals surface area contributed by atoms with E-state index >= 15 is 0 Å². The van der Waals surface area contributed by atoms with Crippen molar-refractivity contribution in [1.29, 1.82) is 0 Å². The predicted octanol–water partition coefficient (Wildman–Crippen LogP) is 5.97. The Morgan fingerprint density at radius 1 is 0.679 bits per heavy atom. The van der Waals surface area contributed by atoms with E-state index in [1.165, 1.54) is 38.5 Å². The van der Waals surface area contributed by atoms with Crippen molar-refractivity contribution in [2.45, 2.75) is 103 Å². The molecule has 2 atom stereocenters. The number of carbonyl (C=O) groups is 2. The first-order chi connectivity index (χ1) is 13.6. The van der Waals surface area contributed by atoms with Gasteiger partial charge in [-0.1, -0.05) is 37.8 Å². The fourth-order valence-electron chi connectivity index (χ4n) is 3.73. The van der Waals surface area contributed by atoms with Crippen LogP contribution in [-0.4, -0.2) is 24.1 Å². The fraction of sp³-hybridized carbons (Fsp3) is 0.667. The summed E-state index contributed by atoms with van der Waals surface area (Å²) < 4.78 is 10.2. The van der Waals surface area contributed by atoms with Crippen LogP contribution in [0.5, 0.6) is 0 Å². The van der Waals surface area contributed by atoms with Crippen LogP contribution in [0.1, 0.15) is 90.9 Å². The van der Waals surface area contributed by atoms with Crippen molar-refractivity contribution in [1.82, 2.24) is 0 Å². The summed E-state index contributed by atoms with van der Waals surface area (Å²) >= 11 is 0. The molecule has 0 unspecified atom stereocenters. The molecule has 0 aliphatic carbocycles. The predicted molar refractivity (Wildman–Crippen MR) is 112 cm³/mol. The van der Waals surface area contributed by atoms with E-state index in [-0.39, 0.29) is 24.1 Å². The van der Waals surface area contributed by atoms with Crippen LogP contribution in [0.3, 0.4) is 0 Å². The zero-order valence-corrected chi connectivity index (χ0v) is 17.6. The molecule has 0 bridgehead atoms. The van der Waals surface area contributed by atoms with Gasteiger partial charge in [0.05, 0.1) is 0 Å². The smallest absolute Gasteiger partial charge is 0.334 e. The van der Waals surface area contributed by atoms with Gasteiger partial charge >= 0.3 is 11.9 Å². The second-order valence-corrected chi connectivity index (χ2v) is 7.98. The number of rotatable bonds is 14. The Bertz CT molecular complexity index is 548. The largest absolute Gasteiger partial charge is 0.455 e. The van der Waals surface area contributed by atoms with Gasteiger partial charge in [-0.15, -0.1) is 0 Å². The lowest BCUT2D eigenvalue weighted by Crippen LogP contribution is -2.03. The zero-order valence-electron chi connectivity index (χ0n) is 17.6. The molecule has 0 aromatic rings. The minimum atomic E-state index is -0.122. The second kappa shape index (κ2) is 12.6. The molecular formula is C24H36O4. The molecule has 0 spiro atoms. The van der Waals surface area contributed by atoms with Crippen molar-refractivity contribution >= 4 is 11.9 Å². The molecule has 0 radical (unpaired) electrons. The maximum atomic E-state index is 11.5. The number of hydrogen-bond donors (Lipinski definition) is 0. The fourth-order valence-corrected chi connectivity index (χ4v) is 3.73. The van der Waals surface area contributed by atoms with Gasteiger partial charge in [0.15, 0.2) is 0 Å². The van der Waals surface area contributed by atoms with Crippen LogP contribution in [0.2, 0.25) is 0 Å². The van der Waals surface area contributed by atoms with E-state index in [9.17, 15) is 9.59 Å². The summed E-state index contributed by atoms with van der Waals surface area (Å²) in [6, 6.07) is 0. The van der Waals surface area contributed by atoms with Gasteiger partial charge in [0.1, 0.15) is 12.2 Å². The maximum absolute atomic E-state index is 11.5. The van der Waals surface area contributed by atoms with Crippen LogP contribution in [0.4, 0.5) is 0 Å². The Morgan fingerprint density at radius 3 is 1.43 bits per heavy atom. The van der Waals surface area contributed by atoms with Crippen molar-refractivity contribution in [3.63, 3.8) is 0 Å². The Kier molecular flexibility index (Phi) is 10.1. The number of esters is 2. The van der Waals surface area contributed by atoms with Gasteiger partial charge in [0.25, 0.3) is 0 Å². The average Bonchev–Trinajstić information content (AvgIpc) is 3.14. The van der Waals surface area contributed by atoms with Crippen molar-refractivity contribution in [3.8, 4) is 0 Å². The van der Waals surface area contributed by atoms with Gasteiger partial charge in [-0.2, -0.15) is 0 Å². The van der Waals surface area contributed by atoms with E-state index < -0.39 is 0 Å². The molecule has 2 rings (SSSR count). The first kappa shape index (κ1) is 22.4. The van der Waals surface area contributed by atoms with E-state index in [1.807, 2.05) is 26.0 Å². The standard InChI is InChI=1S/C24H36O4/c1-19-17-21(23(25)27-19)15-13-11-9-7-5-3-4-6-8-10-12-14-16-22-18-20(2)28-24(22)26/h3-4,17-20H,5-16H2,1-2H3/t19-,20-/m0/s1. The number of unbranched alkanes of at least 4 members (excludes halogenated alkanes) is 8. The normalized spacial score (nSPS) is 21.8. The summed E-state index contributed by atoms with van der Waals surface area (Å²) in [6.07, 6.45) is 21.8. The molecule has 0 aromatic carbocycles. The summed E-state index contributed by atoms with van der Waals surface area (Å²) in [5.74, 6) is -0.244. The molecule has 28 heavy (non-hydrogen) atoms. The van der Waals surface area contributed by atoms with Crippen LogP contribution >= 0.6 is 0 Å². The summed E-state index contributed by atoms with van der Waals surface area (Å²) in [5, 5.41) is 0. The van der Waals surface area contributed by atoms with Crippen molar-refractivity contribution in [2.24, 2.45) is 0 Å². The molecule has 0 saturated carbocycles. The van der Waals surface area contributed by atoms with E-state index in [0.717, 1.165) is 49.7 Å². The minimum absolute atomic E-state index is 0.0417. The van der Waals surface area contributed by atoms with E-state index in [1.54, 1.807) is 0 Å². The number of cyclic esters (lactones) is 2. The molecule has 2 aliphatic rings. The molecule has 0 saturated heterocycles. The van der Waals surface area contributed by atoms with E-state index in [4.69, 9.17) is 9.47 Å². The summed E-state index contributed by atoms with van der Waals surface area (Å²) in [5.41, 5.74) is 1.73. The molecule has 0 N–H and O–H groups in total. The Morgan fingerprint density at radius 2 is 1.07 bits per heavy atom.